The SMILES string of the molecule is CC(=O)c1cc2ccc3c(c2oc1=O)CN(Cc1ccccn1)CO3. The highest BCUT2D eigenvalue weighted by Gasteiger charge is 2.22. The first-order valence-corrected chi connectivity index (χ1v) is 7.97. The first kappa shape index (κ1) is 15.5. The molecule has 6 heteroatoms. The number of carbonyl (C=O) groups is 1. The van der Waals surface area contributed by atoms with E-state index in [2.05, 4.69) is 9.88 Å². The summed E-state index contributed by atoms with van der Waals surface area (Å²) >= 11 is 0. The second-order valence-corrected chi connectivity index (χ2v) is 6.05. The van der Waals surface area contributed by atoms with Crippen molar-refractivity contribution in [2.24, 2.45) is 0 Å². The van der Waals surface area contributed by atoms with Gasteiger partial charge in [0.2, 0.25) is 0 Å². The molecule has 1 aliphatic heterocycles. The van der Waals surface area contributed by atoms with Crippen LogP contribution < -0.4 is 10.4 Å². The maximum Gasteiger partial charge on any atom is 0.347 e. The van der Waals surface area contributed by atoms with Gasteiger partial charge in [-0.2, -0.15) is 0 Å². The van der Waals surface area contributed by atoms with E-state index in [-0.39, 0.29) is 11.3 Å². The maximum atomic E-state index is 12.1. The summed E-state index contributed by atoms with van der Waals surface area (Å²) < 4.78 is 11.3. The number of benzene rings is 1. The minimum atomic E-state index is -0.616. The Balaban J connectivity index is 1.72. The van der Waals surface area contributed by atoms with Gasteiger partial charge in [-0.05, 0) is 37.3 Å². The molecule has 0 atom stereocenters. The largest absolute Gasteiger partial charge is 0.478 e. The van der Waals surface area contributed by atoms with Crippen molar-refractivity contribution in [2.75, 3.05) is 6.73 Å². The molecule has 0 bridgehead atoms. The van der Waals surface area contributed by atoms with Crippen molar-refractivity contribution in [2.45, 2.75) is 20.0 Å². The number of aromatic nitrogens is 1. The molecule has 0 aliphatic carbocycles. The molecule has 2 aromatic heterocycles. The lowest BCUT2D eigenvalue weighted by molar-refractivity contribution is 0.0878. The van der Waals surface area contributed by atoms with Crippen LogP contribution in [-0.2, 0) is 13.1 Å². The van der Waals surface area contributed by atoms with Gasteiger partial charge in [0, 0.05) is 24.7 Å². The Bertz CT molecular complexity index is 1010. The van der Waals surface area contributed by atoms with E-state index in [0.717, 1.165) is 11.3 Å². The molecule has 0 saturated heterocycles. The van der Waals surface area contributed by atoms with E-state index < -0.39 is 5.63 Å². The monoisotopic (exact) mass is 336 g/mol. The van der Waals surface area contributed by atoms with E-state index in [9.17, 15) is 9.59 Å². The number of hydrogen-bond acceptors (Lipinski definition) is 6. The maximum absolute atomic E-state index is 12.1. The molecule has 25 heavy (non-hydrogen) atoms. The molecular formula is C19H16N2O4. The van der Waals surface area contributed by atoms with Crippen LogP contribution in [0.1, 0.15) is 28.5 Å². The smallest absolute Gasteiger partial charge is 0.347 e. The summed E-state index contributed by atoms with van der Waals surface area (Å²) in [5, 5.41) is 0.715. The first-order valence-electron chi connectivity index (χ1n) is 7.97. The van der Waals surface area contributed by atoms with E-state index >= 15 is 0 Å². The summed E-state index contributed by atoms with van der Waals surface area (Å²) in [6, 6.07) is 11.0. The Hall–Kier alpha value is -2.99. The molecule has 0 unspecified atom stereocenters. The molecule has 0 saturated carbocycles. The lowest BCUT2D eigenvalue weighted by Gasteiger charge is -2.28. The van der Waals surface area contributed by atoms with Crippen LogP contribution in [0.4, 0.5) is 0 Å². The van der Waals surface area contributed by atoms with Crippen molar-refractivity contribution in [1.29, 1.82) is 0 Å². The highest BCUT2D eigenvalue weighted by Crippen LogP contribution is 2.32. The summed E-state index contributed by atoms with van der Waals surface area (Å²) in [6.07, 6.45) is 1.76. The van der Waals surface area contributed by atoms with Crippen molar-refractivity contribution in [3.05, 3.63) is 69.8 Å². The molecule has 0 N–H and O–H groups in total. The number of Topliss-reactive ketones (excluding diaryl/α,β-unsaturated/α-hetero) is 1. The van der Waals surface area contributed by atoms with Crippen LogP contribution in [-0.4, -0.2) is 22.4 Å². The summed E-state index contributed by atoms with van der Waals surface area (Å²) in [4.78, 5) is 30.0. The quantitative estimate of drug-likeness (QED) is 0.541. The molecule has 0 fully saturated rings. The number of ether oxygens (including phenoxy) is 1. The molecule has 126 valence electrons. The molecule has 3 aromatic rings. The molecule has 1 aromatic carbocycles. The van der Waals surface area contributed by atoms with Gasteiger partial charge in [-0.1, -0.05) is 6.07 Å². The summed E-state index contributed by atoms with van der Waals surface area (Å²) in [5.74, 6) is 0.393. The second kappa shape index (κ2) is 6.14. The zero-order valence-corrected chi connectivity index (χ0v) is 13.7. The fraction of sp³-hybridized carbons (Fsp3) is 0.211. The second-order valence-electron chi connectivity index (χ2n) is 6.05. The van der Waals surface area contributed by atoms with Crippen molar-refractivity contribution < 1.29 is 13.9 Å². The fourth-order valence-electron chi connectivity index (χ4n) is 3.01. The number of pyridine rings is 1. The number of nitrogens with zero attached hydrogens (tertiary/aromatic N) is 2. The van der Waals surface area contributed by atoms with Gasteiger partial charge in [0.25, 0.3) is 0 Å². The van der Waals surface area contributed by atoms with E-state index in [0.29, 0.717) is 36.5 Å². The van der Waals surface area contributed by atoms with Crippen LogP contribution in [0.5, 0.6) is 5.75 Å². The molecule has 4 rings (SSSR count). The average Bonchev–Trinajstić information content (AvgIpc) is 2.62. The molecule has 0 radical (unpaired) electrons. The third kappa shape index (κ3) is 2.92. The highest BCUT2D eigenvalue weighted by molar-refractivity contribution is 5.97. The first-order chi connectivity index (χ1) is 12.1. The van der Waals surface area contributed by atoms with Gasteiger partial charge in [0.05, 0.1) is 11.3 Å². The van der Waals surface area contributed by atoms with Gasteiger partial charge in [-0.25, -0.2) is 4.79 Å². The third-order valence-corrected chi connectivity index (χ3v) is 4.24. The van der Waals surface area contributed by atoms with Crippen molar-refractivity contribution in [1.82, 2.24) is 9.88 Å². The number of hydrogen-bond donors (Lipinski definition) is 0. The van der Waals surface area contributed by atoms with Crippen molar-refractivity contribution in [3.63, 3.8) is 0 Å². The summed E-state index contributed by atoms with van der Waals surface area (Å²) in [6.45, 7) is 3.00. The standard InChI is InChI=1S/C19H16N2O4/c1-12(22)15-8-13-5-6-17-16(18(13)25-19(15)23)10-21(11-24-17)9-14-4-2-3-7-20-14/h2-8H,9-11H2,1H3. The van der Waals surface area contributed by atoms with Crippen molar-refractivity contribution in [3.8, 4) is 5.75 Å². The summed E-state index contributed by atoms with van der Waals surface area (Å²) in [7, 11) is 0. The molecule has 1 aliphatic rings. The number of carbonyl (C=O) groups excluding carboxylic acids is 1. The van der Waals surface area contributed by atoms with E-state index in [1.165, 1.54) is 6.92 Å². The zero-order chi connectivity index (χ0) is 17.4. The molecular weight excluding hydrogens is 320 g/mol. The number of fused-ring (bicyclic) bond motifs is 3. The molecule has 0 spiro atoms. The van der Waals surface area contributed by atoms with Gasteiger partial charge in [-0.3, -0.25) is 14.7 Å². The van der Waals surface area contributed by atoms with Crippen LogP contribution in [0.2, 0.25) is 0 Å². The Morgan fingerprint density at radius 3 is 2.92 bits per heavy atom. The Kier molecular flexibility index (Phi) is 3.82. The summed E-state index contributed by atoms with van der Waals surface area (Å²) in [5.41, 5.74) is 1.67. The predicted molar refractivity (Wildman–Crippen MR) is 91.5 cm³/mol. The van der Waals surface area contributed by atoms with E-state index in [4.69, 9.17) is 9.15 Å². The van der Waals surface area contributed by atoms with Crippen LogP contribution in [0.15, 0.2) is 51.8 Å². The molecule has 3 heterocycles. The van der Waals surface area contributed by atoms with Crippen LogP contribution in [0, 0.1) is 0 Å². The Morgan fingerprint density at radius 2 is 2.16 bits per heavy atom. The van der Waals surface area contributed by atoms with Crippen LogP contribution in [0.25, 0.3) is 11.0 Å². The Labute approximate surface area is 143 Å². The zero-order valence-electron chi connectivity index (χ0n) is 13.7. The average molecular weight is 336 g/mol. The van der Waals surface area contributed by atoms with Crippen LogP contribution in [0.3, 0.4) is 0 Å². The van der Waals surface area contributed by atoms with Crippen molar-refractivity contribution >= 4 is 16.8 Å². The normalized spacial score (nSPS) is 14.1. The topological polar surface area (TPSA) is 72.6 Å². The molecule has 0 amide bonds. The third-order valence-electron chi connectivity index (χ3n) is 4.24. The van der Waals surface area contributed by atoms with Gasteiger partial charge < -0.3 is 9.15 Å². The minimum absolute atomic E-state index is 0.0644. The van der Waals surface area contributed by atoms with Gasteiger partial charge in [0.1, 0.15) is 23.6 Å². The van der Waals surface area contributed by atoms with E-state index in [1.807, 2.05) is 24.3 Å². The van der Waals surface area contributed by atoms with Gasteiger partial charge >= 0.3 is 5.63 Å². The fourth-order valence-corrected chi connectivity index (χ4v) is 3.01. The number of rotatable bonds is 3. The lowest BCUT2D eigenvalue weighted by Crippen LogP contribution is -2.32. The molecule has 6 nitrogen and oxygen atoms in total. The minimum Gasteiger partial charge on any atom is -0.478 e. The van der Waals surface area contributed by atoms with Gasteiger partial charge in [0.15, 0.2) is 5.78 Å². The van der Waals surface area contributed by atoms with Gasteiger partial charge in [-0.15, -0.1) is 0 Å². The predicted octanol–water partition coefficient (Wildman–Crippen LogP) is 2.74. The lowest BCUT2D eigenvalue weighted by atomic mass is 10.1. The Morgan fingerprint density at radius 1 is 1.28 bits per heavy atom. The number of ketones is 1. The van der Waals surface area contributed by atoms with E-state index in [1.54, 1.807) is 18.3 Å². The van der Waals surface area contributed by atoms with Crippen LogP contribution >= 0.6 is 0 Å². The highest BCUT2D eigenvalue weighted by atomic mass is 16.5.